The highest BCUT2D eigenvalue weighted by Crippen LogP contribution is 2.23. The van der Waals surface area contributed by atoms with E-state index in [4.69, 9.17) is 9.47 Å². The fourth-order valence-corrected chi connectivity index (χ4v) is 3.32. The number of methoxy groups -OCH3 is 1. The van der Waals surface area contributed by atoms with Gasteiger partial charge in [-0.1, -0.05) is 19.1 Å². The number of carbonyl (C=O) groups excluding carboxylic acids is 2. The Kier molecular flexibility index (Phi) is 6.58. The number of hydrogen-bond acceptors (Lipinski definition) is 5. The summed E-state index contributed by atoms with van der Waals surface area (Å²) in [4.78, 5) is 26.0. The van der Waals surface area contributed by atoms with Gasteiger partial charge >= 0.3 is 5.97 Å². The molecule has 0 unspecified atom stereocenters. The summed E-state index contributed by atoms with van der Waals surface area (Å²) in [5.74, 6) is -0.0249. The zero-order valence-corrected chi connectivity index (χ0v) is 15.7. The fraction of sp³-hybridized carbons (Fsp3) is 0.368. The van der Waals surface area contributed by atoms with Crippen molar-refractivity contribution < 1.29 is 19.1 Å². The number of carbonyl (C=O) groups is 2. The third-order valence-corrected chi connectivity index (χ3v) is 5.18. The normalized spacial score (nSPS) is 11.7. The van der Waals surface area contributed by atoms with Crippen molar-refractivity contribution in [3.05, 3.63) is 51.2 Å². The van der Waals surface area contributed by atoms with Crippen molar-refractivity contribution in [3.63, 3.8) is 0 Å². The van der Waals surface area contributed by atoms with Crippen LogP contribution in [0.15, 0.2) is 30.3 Å². The van der Waals surface area contributed by atoms with Crippen molar-refractivity contribution in [1.29, 1.82) is 0 Å². The number of ether oxygens (including phenoxy) is 2. The molecule has 1 heterocycles. The van der Waals surface area contributed by atoms with E-state index in [1.807, 2.05) is 44.2 Å². The van der Waals surface area contributed by atoms with Crippen molar-refractivity contribution in [2.45, 2.75) is 39.8 Å². The maximum Gasteiger partial charge on any atom is 0.349 e. The van der Waals surface area contributed by atoms with Gasteiger partial charge in [0.2, 0.25) is 0 Å². The fourth-order valence-electron chi connectivity index (χ4n) is 2.32. The van der Waals surface area contributed by atoms with Crippen molar-refractivity contribution >= 4 is 23.2 Å². The van der Waals surface area contributed by atoms with E-state index in [-0.39, 0.29) is 5.91 Å². The molecule has 0 radical (unpaired) electrons. The van der Waals surface area contributed by atoms with Crippen molar-refractivity contribution in [2.75, 3.05) is 7.11 Å². The maximum atomic E-state index is 12.2. The van der Waals surface area contributed by atoms with E-state index >= 15 is 0 Å². The molecule has 0 saturated carbocycles. The Morgan fingerprint density at radius 1 is 1.24 bits per heavy atom. The first-order valence-electron chi connectivity index (χ1n) is 8.15. The van der Waals surface area contributed by atoms with Crippen LogP contribution in [0.3, 0.4) is 0 Å². The van der Waals surface area contributed by atoms with Gasteiger partial charge in [-0.2, -0.15) is 0 Å². The number of benzene rings is 1. The lowest BCUT2D eigenvalue weighted by Gasteiger charge is -2.13. The predicted octanol–water partition coefficient (Wildman–Crippen LogP) is 3.49. The molecule has 5 nitrogen and oxygen atoms in total. The predicted molar refractivity (Wildman–Crippen MR) is 98.2 cm³/mol. The van der Waals surface area contributed by atoms with Crippen LogP contribution in [0.1, 0.15) is 39.5 Å². The van der Waals surface area contributed by atoms with Crippen LogP contribution in [0.5, 0.6) is 5.75 Å². The standard InChI is InChI=1S/C19H23NO4S/c1-5-16-12(2)10-17(25-16)19(22)24-13(3)18(21)20-11-14-6-8-15(23-4)9-7-14/h6-10,13H,5,11H2,1-4H3,(H,20,21)/t13-/m1/s1. The zero-order valence-electron chi connectivity index (χ0n) is 14.9. The van der Waals surface area contributed by atoms with Crippen LogP contribution in [0.4, 0.5) is 0 Å². The molecule has 0 aliphatic heterocycles. The smallest absolute Gasteiger partial charge is 0.349 e. The van der Waals surface area contributed by atoms with E-state index in [1.165, 1.54) is 11.3 Å². The summed E-state index contributed by atoms with van der Waals surface area (Å²) >= 11 is 1.42. The Bertz CT molecular complexity index is 736. The largest absolute Gasteiger partial charge is 0.497 e. The van der Waals surface area contributed by atoms with E-state index in [2.05, 4.69) is 5.32 Å². The van der Waals surface area contributed by atoms with Crippen molar-refractivity contribution in [1.82, 2.24) is 5.32 Å². The molecule has 134 valence electrons. The van der Waals surface area contributed by atoms with Gasteiger partial charge in [-0.15, -0.1) is 11.3 Å². The quantitative estimate of drug-likeness (QED) is 0.767. The molecule has 0 spiro atoms. The van der Waals surface area contributed by atoms with Gasteiger partial charge in [-0.3, -0.25) is 4.79 Å². The SMILES string of the molecule is CCc1sc(C(=O)O[C@H](C)C(=O)NCc2ccc(OC)cc2)cc1C. The summed E-state index contributed by atoms with van der Waals surface area (Å²) < 4.78 is 10.4. The molecular formula is C19H23NO4S. The zero-order chi connectivity index (χ0) is 18.4. The number of rotatable bonds is 7. The Morgan fingerprint density at radius 3 is 2.48 bits per heavy atom. The molecule has 1 aromatic heterocycles. The summed E-state index contributed by atoms with van der Waals surface area (Å²) in [7, 11) is 1.60. The highest BCUT2D eigenvalue weighted by Gasteiger charge is 2.20. The highest BCUT2D eigenvalue weighted by atomic mass is 32.1. The van der Waals surface area contributed by atoms with Gasteiger partial charge < -0.3 is 14.8 Å². The Hall–Kier alpha value is -2.34. The van der Waals surface area contributed by atoms with E-state index in [1.54, 1.807) is 14.0 Å². The minimum Gasteiger partial charge on any atom is -0.497 e. The molecule has 6 heteroatoms. The molecule has 0 fully saturated rings. The number of esters is 1. The second kappa shape index (κ2) is 8.67. The number of thiophene rings is 1. The first-order valence-corrected chi connectivity index (χ1v) is 8.97. The van der Waals surface area contributed by atoms with E-state index in [9.17, 15) is 9.59 Å². The lowest BCUT2D eigenvalue weighted by atomic mass is 10.2. The third kappa shape index (κ3) is 5.06. The molecule has 0 aliphatic rings. The molecule has 0 saturated heterocycles. The third-order valence-electron chi connectivity index (χ3n) is 3.82. The number of nitrogens with one attached hydrogen (secondary N) is 1. The lowest BCUT2D eigenvalue weighted by molar-refractivity contribution is -0.129. The minimum atomic E-state index is -0.849. The topological polar surface area (TPSA) is 64.6 Å². The molecule has 0 aliphatic carbocycles. The van der Waals surface area contributed by atoms with Gasteiger partial charge in [-0.25, -0.2) is 4.79 Å². The summed E-state index contributed by atoms with van der Waals surface area (Å²) in [6.45, 7) is 5.95. The molecule has 25 heavy (non-hydrogen) atoms. The molecule has 2 rings (SSSR count). The number of hydrogen-bond donors (Lipinski definition) is 1. The van der Waals surface area contributed by atoms with Crippen LogP contribution in [0.25, 0.3) is 0 Å². The van der Waals surface area contributed by atoms with Gasteiger partial charge in [0.1, 0.15) is 10.6 Å². The van der Waals surface area contributed by atoms with Gasteiger partial charge in [0.05, 0.1) is 7.11 Å². The molecule has 1 amide bonds. The Balaban J connectivity index is 1.87. The average Bonchev–Trinajstić information content (AvgIpc) is 3.01. The Labute approximate surface area is 152 Å². The number of aryl methyl sites for hydroxylation is 2. The van der Waals surface area contributed by atoms with Crippen molar-refractivity contribution in [2.24, 2.45) is 0 Å². The van der Waals surface area contributed by atoms with Gasteiger partial charge in [0.15, 0.2) is 6.10 Å². The number of amides is 1. The lowest BCUT2D eigenvalue weighted by Crippen LogP contribution is -2.35. The van der Waals surface area contributed by atoms with Crippen LogP contribution in [0, 0.1) is 6.92 Å². The van der Waals surface area contributed by atoms with Crippen LogP contribution in [0.2, 0.25) is 0 Å². The molecule has 0 bridgehead atoms. The Morgan fingerprint density at radius 2 is 1.92 bits per heavy atom. The summed E-state index contributed by atoms with van der Waals surface area (Å²) in [6.07, 6.45) is 0.0278. The first-order chi connectivity index (χ1) is 11.9. The van der Waals surface area contributed by atoms with Crippen LogP contribution >= 0.6 is 11.3 Å². The molecule has 1 atom stereocenters. The van der Waals surface area contributed by atoms with Gasteiger partial charge in [-0.05, 0) is 49.6 Å². The second-order valence-corrected chi connectivity index (χ2v) is 6.82. The van der Waals surface area contributed by atoms with Crippen molar-refractivity contribution in [3.8, 4) is 5.75 Å². The first kappa shape index (κ1) is 19.0. The van der Waals surface area contributed by atoms with E-state index in [0.717, 1.165) is 28.2 Å². The van der Waals surface area contributed by atoms with Crippen LogP contribution < -0.4 is 10.1 Å². The second-order valence-electron chi connectivity index (χ2n) is 5.68. The van der Waals surface area contributed by atoms with Crippen LogP contribution in [-0.2, 0) is 22.5 Å². The molecule has 1 aromatic carbocycles. The maximum absolute atomic E-state index is 12.2. The minimum absolute atomic E-state index is 0.326. The van der Waals surface area contributed by atoms with Gasteiger partial charge in [0.25, 0.3) is 5.91 Å². The van der Waals surface area contributed by atoms with E-state index in [0.29, 0.717) is 11.4 Å². The summed E-state index contributed by atoms with van der Waals surface area (Å²) in [5.41, 5.74) is 2.02. The molecular weight excluding hydrogens is 338 g/mol. The van der Waals surface area contributed by atoms with E-state index < -0.39 is 12.1 Å². The summed E-state index contributed by atoms with van der Waals surface area (Å²) in [5, 5.41) is 2.77. The van der Waals surface area contributed by atoms with Gasteiger partial charge in [0, 0.05) is 11.4 Å². The molecule has 2 aromatic rings. The average molecular weight is 361 g/mol. The monoisotopic (exact) mass is 361 g/mol. The summed E-state index contributed by atoms with van der Waals surface area (Å²) in [6, 6.07) is 9.21. The molecule has 1 N–H and O–H groups in total. The van der Waals surface area contributed by atoms with Crippen LogP contribution in [-0.4, -0.2) is 25.1 Å². The highest BCUT2D eigenvalue weighted by molar-refractivity contribution is 7.14.